The molecule has 2 rings (SSSR count). The van der Waals surface area contributed by atoms with Gasteiger partial charge in [0.1, 0.15) is 5.02 Å². The second-order valence-electron chi connectivity index (χ2n) is 4.05. The maximum atomic E-state index is 12.1. The van der Waals surface area contributed by atoms with Crippen LogP contribution < -0.4 is 0 Å². The van der Waals surface area contributed by atoms with Crippen LogP contribution in [-0.4, -0.2) is 28.8 Å². The van der Waals surface area contributed by atoms with Crippen molar-refractivity contribution in [2.24, 2.45) is 0 Å². The molecule has 1 aromatic rings. The van der Waals surface area contributed by atoms with Gasteiger partial charge in [0.25, 0.3) is 11.6 Å². The van der Waals surface area contributed by atoms with Crippen LogP contribution in [0.1, 0.15) is 23.2 Å². The van der Waals surface area contributed by atoms with Gasteiger partial charge in [-0.15, -0.1) is 0 Å². The lowest BCUT2D eigenvalue weighted by molar-refractivity contribution is -0.384. The maximum absolute atomic E-state index is 12.1. The van der Waals surface area contributed by atoms with Crippen molar-refractivity contribution in [1.82, 2.24) is 4.90 Å². The van der Waals surface area contributed by atoms with Crippen LogP contribution in [0.2, 0.25) is 10.0 Å². The molecule has 1 saturated heterocycles. The summed E-state index contributed by atoms with van der Waals surface area (Å²) < 4.78 is 0. The summed E-state index contributed by atoms with van der Waals surface area (Å²) in [6, 6.07) is 2.55. The number of nitro benzene ring substituents is 1. The molecule has 0 N–H and O–H groups in total. The third-order valence-corrected chi connectivity index (χ3v) is 3.64. The smallest absolute Gasteiger partial charge is 0.290 e. The first-order valence-corrected chi connectivity index (χ1v) is 6.19. The van der Waals surface area contributed by atoms with Gasteiger partial charge in [0, 0.05) is 24.7 Å². The number of halogens is 2. The molecule has 96 valence electrons. The Hall–Kier alpha value is -1.33. The van der Waals surface area contributed by atoms with E-state index >= 15 is 0 Å². The largest absolute Gasteiger partial charge is 0.339 e. The summed E-state index contributed by atoms with van der Waals surface area (Å²) in [6.07, 6.45) is 1.91. The van der Waals surface area contributed by atoms with Crippen molar-refractivity contribution in [3.05, 3.63) is 37.9 Å². The van der Waals surface area contributed by atoms with Crippen molar-refractivity contribution in [3.63, 3.8) is 0 Å². The zero-order valence-corrected chi connectivity index (χ0v) is 10.9. The zero-order valence-electron chi connectivity index (χ0n) is 9.36. The van der Waals surface area contributed by atoms with E-state index < -0.39 is 4.92 Å². The van der Waals surface area contributed by atoms with Gasteiger partial charge in [-0.25, -0.2) is 0 Å². The predicted octanol–water partition coefficient (Wildman–Crippen LogP) is 3.14. The highest BCUT2D eigenvalue weighted by Gasteiger charge is 2.24. The van der Waals surface area contributed by atoms with E-state index in [-0.39, 0.29) is 27.2 Å². The minimum Gasteiger partial charge on any atom is -0.339 e. The van der Waals surface area contributed by atoms with Crippen molar-refractivity contribution < 1.29 is 9.72 Å². The first-order valence-electron chi connectivity index (χ1n) is 5.43. The van der Waals surface area contributed by atoms with Crippen LogP contribution >= 0.6 is 23.2 Å². The van der Waals surface area contributed by atoms with Crippen LogP contribution in [-0.2, 0) is 0 Å². The summed E-state index contributed by atoms with van der Waals surface area (Å²) in [6.45, 7) is 1.35. The number of amides is 1. The van der Waals surface area contributed by atoms with Gasteiger partial charge in [0.2, 0.25) is 0 Å². The van der Waals surface area contributed by atoms with E-state index in [4.69, 9.17) is 23.2 Å². The molecule has 0 saturated carbocycles. The number of benzene rings is 1. The normalized spacial score (nSPS) is 14.9. The molecule has 1 aliphatic rings. The summed E-state index contributed by atoms with van der Waals surface area (Å²) in [4.78, 5) is 23.9. The van der Waals surface area contributed by atoms with Gasteiger partial charge in [-0.2, -0.15) is 0 Å². The third-order valence-electron chi connectivity index (χ3n) is 2.85. The van der Waals surface area contributed by atoms with Gasteiger partial charge < -0.3 is 4.90 Å². The molecule has 1 heterocycles. The Morgan fingerprint density at radius 1 is 1.28 bits per heavy atom. The molecule has 0 bridgehead atoms. The van der Waals surface area contributed by atoms with Crippen molar-refractivity contribution in [2.45, 2.75) is 12.8 Å². The number of hydrogen-bond acceptors (Lipinski definition) is 3. The van der Waals surface area contributed by atoms with Crippen LogP contribution in [0.4, 0.5) is 5.69 Å². The van der Waals surface area contributed by atoms with Gasteiger partial charge in [-0.3, -0.25) is 14.9 Å². The summed E-state index contributed by atoms with van der Waals surface area (Å²) in [7, 11) is 0. The minimum atomic E-state index is -0.644. The maximum Gasteiger partial charge on any atom is 0.290 e. The second kappa shape index (κ2) is 5.12. The van der Waals surface area contributed by atoms with Crippen molar-refractivity contribution in [1.29, 1.82) is 0 Å². The number of rotatable bonds is 2. The molecule has 1 aliphatic heterocycles. The average molecular weight is 289 g/mol. The van der Waals surface area contributed by atoms with Crippen molar-refractivity contribution in [2.75, 3.05) is 13.1 Å². The number of likely N-dealkylation sites (tertiary alicyclic amines) is 1. The molecule has 0 radical (unpaired) electrons. The molecule has 1 amide bonds. The van der Waals surface area contributed by atoms with Gasteiger partial charge in [0.05, 0.1) is 9.95 Å². The standard InChI is InChI=1S/C11H10Cl2N2O3/c12-8-5-7(6-9(10(8)13)15(17)18)11(16)14-3-1-2-4-14/h5-6H,1-4H2. The molecule has 7 heteroatoms. The van der Waals surface area contributed by atoms with E-state index in [1.807, 2.05) is 0 Å². The highest BCUT2D eigenvalue weighted by molar-refractivity contribution is 6.43. The molecule has 1 aromatic carbocycles. The molecule has 5 nitrogen and oxygen atoms in total. The van der Waals surface area contributed by atoms with E-state index in [1.165, 1.54) is 12.1 Å². The molecule has 0 unspecified atom stereocenters. The van der Waals surface area contributed by atoms with Gasteiger partial charge >= 0.3 is 0 Å². The fourth-order valence-corrected chi connectivity index (χ4v) is 2.33. The first-order chi connectivity index (χ1) is 8.50. The Labute approximate surface area is 113 Å². The second-order valence-corrected chi connectivity index (χ2v) is 4.83. The third kappa shape index (κ3) is 2.42. The summed E-state index contributed by atoms with van der Waals surface area (Å²) in [5.41, 5.74) is -0.135. The van der Waals surface area contributed by atoms with Gasteiger partial charge in [-0.1, -0.05) is 23.2 Å². The van der Waals surface area contributed by atoms with Crippen molar-refractivity contribution in [3.8, 4) is 0 Å². The molecule has 18 heavy (non-hydrogen) atoms. The molecule has 1 fully saturated rings. The Bertz CT molecular complexity index is 513. The topological polar surface area (TPSA) is 63.4 Å². The highest BCUT2D eigenvalue weighted by atomic mass is 35.5. The quantitative estimate of drug-likeness (QED) is 0.620. The molecule has 0 spiro atoms. The van der Waals surface area contributed by atoms with Crippen LogP contribution in [0, 0.1) is 10.1 Å². The number of carbonyl (C=O) groups is 1. The van der Waals surface area contributed by atoms with E-state index in [1.54, 1.807) is 4.90 Å². The van der Waals surface area contributed by atoms with E-state index in [9.17, 15) is 14.9 Å². The van der Waals surface area contributed by atoms with E-state index in [0.717, 1.165) is 12.8 Å². The minimum absolute atomic E-state index is 0.0217. The number of carbonyl (C=O) groups excluding carboxylic acids is 1. The summed E-state index contributed by atoms with van der Waals surface area (Å²) in [5.74, 6) is -0.242. The molecule has 0 atom stereocenters. The Morgan fingerprint density at radius 2 is 1.89 bits per heavy atom. The fourth-order valence-electron chi connectivity index (χ4n) is 1.93. The SMILES string of the molecule is O=C(c1cc(Cl)c(Cl)c([N+](=O)[O-])c1)N1CCCC1. The lowest BCUT2D eigenvalue weighted by atomic mass is 10.1. The fraction of sp³-hybridized carbons (Fsp3) is 0.364. The van der Waals surface area contributed by atoms with Crippen LogP contribution in [0.3, 0.4) is 0 Å². The summed E-state index contributed by atoms with van der Waals surface area (Å²) >= 11 is 11.5. The van der Waals surface area contributed by atoms with Crippen LogP contribution in [0.5, 0.6) is 0 Å². The van der Waals surface area contributed by atoms with Crippen molar-refractivity contribution >= 4 is 34.8 Å². The molecule has 0 aliphatic carbocycles. The number of hydrogen-bond donors (Lipinski definition) is 0. The van der Waals surface area contributed by atoms with Crippen LogP contribution in [0.15, 0.2) is 12.1 Å². The lowest BCUT2D eigenvalue weighted by Gasteiger charge is -2.15. The summed E-state index contributed by atoms with van der Waals surface area (Å²) in [5, 5.41) is 10.7. The highest BCUT2D eigenvalue weighted by Crippen LogP contribution is 2.33. The average Bonchev–Trinajstić information content (AvgIpc) is 2.84. The van der Waals surface area contributed by atoms with Crippen LogP contribution in [0.25, 0.3) is 0 Å². The Balaban J connectivity index is 2.39. The first kappa shape index (κ1) is 13.1. The molecule has 0 aromatic heterocycles. The monoisotopic (exact) mass is 288 g/mol. The Morgan fingerprint density at radius 3 is 2.44 bits per heavy atom. The van der Waals surface area contributed by atoms with E-state index in [0.29, 0.717) is 13.1 Å². The molecular formula is C11H10Cl2N2O3. The predicted molar refractivity (Wildman–Crippen MR) is 68.3 cm³/mol. The van der Waals surface area contributed by atoms with Gasteiger partial charge in [-0.05, 0) is 18.9 Å². The lowest BCUT2D eigenvalue weighted by Crippen LogP contribution is -2.27. The van der Waals surface area contributed by atoms with Gasteiger partial charge in [0.15, 0.2) is 0 Å². The zero-order chi connectivity index (χ0) is 13.3. The van der Waals surface area contributed by atoms with E-state index in [2.05, 4.69) is 0 Å². The number of nitro groups is 1. The Kier molecular flexibility index (Phi) is 3.73. The molecular weight excluding hydrogens is 279 g/mol. The number of nitrogens with zero attached hydrogens (tertiary/aromatic N) is 2.